The number of carboxylic acid groups (broad SMARTS) is 1. The van der Waals surface area contributed by atoms with Crippen molar-refractivity contribution >= 4 is 6.47 Å². The lowest BCUT2D eigenvalue weighted by Gasteiger charge is -2.34. The molecule has 2 nitrogen and oxygen atoms in total. The van der Waals surface area contributed by atoms with E-state index in [0.717, 1.165) is 6.42 Å². The first-order valence-electron chi connectivity index (χ1n) is 4.65. The average Bonchev–Trinajstić information content (AvgIpc) is 2.17. The first-order chi connectivity index (χ1) is 7.12. The summed E-state index contributed by atoms with van der Waals surface area (Å²) in [6, 6.07) is 5.70. The standard InChI is InChI=1S/C10H10F2.CH2O2/c11-9-4-2-8(3-5-9)10(12)6-1-7-10;2-1-3/h2-5H,1,6-7H2;1H,(H,2,3). The predicted molar refractivity (Wildman–Crippen MR) is 51.7 cm³/mol. The molecule has 1 saturated carbocycles. The molecule has 1 N–H and O–H groups in total. The van der Waals surface area contributed by atoms with E-state index in [2.05, 4.69) is 0 Å². The minimum absolute atomic E-state index is 0.250. The molecule has 0 spiro atoms. The molecule has 0 unspecified atom stereocenters. The Bertz CT molecular complexity index is 318. The summed E-state index contributed by atoms with van der Waals surface area (Å²) in [4.78, 5) is 8.36. The summed E-state index contributed by atoms with van der Waals surface area (Å²) in [5.41, 5.74) is -0.539. The van der Waals surface area contributed by atoms with Gasteiger partial charge >= 0.3 is 0 Å². The molecule has 1 fully saturated rings. The molecule has 0 amide bonds. The summed E-state index contributed by atoms with van der Waals surface area (Å²) in [5.74, 6) is -0.304. The second kappa shape index (κ2) is 4.87. The molecule has 0 aromatic heterocycles. The van der Waals surface area contributed by atoms with Crippen molar-refractivity contribution in [3.05, 3.63) is 35.6 Å². The van der Waals surface area contributed by atoms with Crippen molar-refractivity contribution in [3.63, 3.8) is 0 Å². The lowest BCUT2D eigenvalue weighted by Crippen LogP contribution is -2.28. The monoisotopic (exact) mass is 214 g/mol. The normalized spacial score (nSPS) is 16.9. The first-order valence-corrected chi connectivity index (χ1v) is 4.65. The summed E-state index contributed by atoms with van der Waals surface area (Å²) in [6.07, 6.45) is 2.10. The quantitative estimate of drug-likeness (QED) is 0.730. The van der Waals surface area contributed by atoms with E-state index in [1.165, 1.54) is 24.3 Å². The zero-order chi connectivity index (χ0) is 11.3. The van der Waals surface area contributed by atoms with Crippen molar-refractivity contribution in [2.75, 3.05) is 0 Å². The Kier molecular flexibility index (Phi) is 3.77. The molecule has 0 heterocycles. The largest absolute Gasteiger partial charge is 0.483 e. The molecule has 0 bridgehead atoms. The first kappa shape index (κ1) is 11.6. The van der Waals surface area contributed by atoms with Crippen LogP contribution >= 0.6 is 0 Å². The fourth-order valence-electron chi connectivity index (χ4n) is 1.52. The van der Waals surface area contributed by atoms with Gasteiger partial charge in [0.25, 0.3) is 6.47 Å². The van der Waals surface area contributed by atoms with Gasteiger partial charge in [-0.1, -0.05) is 12.1 Å². The van der Waals surface area contributed by atoms with Gasteiger partial charge in [0.2, 0.25) is 0 Å². The third-order valence-corrected chi connectivity index (χ3v) is 2.51. The highest BCUT2D eigenvalue weighted by molar-refractivity contribution is 5.32. The van der Waals surface area contributed by atoms with Gasteiger partial charge in [0, 0.05) is 0 Å². The molecular weight excluding hydrogens is 202 g/mol. The molecule has 82 valence electrons. The zero-order valence-electron chi connectivity index (χ0n) is 8.12. The predicted octanol–water partition coefficient (Wildman–Crippen LogP) is 2.88. The van der Waals surface area contributed by atoms with Gasteiger partial charge in [-0.25, -0.2) is 8.78 Å². The minimum Gasteiger partial charge on any atom is -0.483 e. The summed E-state index contributed by atoms with van der Waals surface area (Å²) in [6.45, 7) is -0.250. The highest BCUT2D eigenvalue weighted by Gasteiger charge is 2.38. The number of hydrogen-bond acceptors (Lipinski definition) is 1. The van der Waals surface area contributed by atoms with E-state index in [-0.39, 0.29) is 12.3 Å². The van der Waals surface area contributed by atoms with Crippen molar-refractivity contribution < 1.29 is 18.7 Å². The van der Waals surface area contributed by atoms with Crippen LogP contribution in [0.4, 0.5) is 8.78 Å². The smallest absolute Gasteiger partial charge is 0.290 e. The van der Waals surface area contributed by atoms with E-state index < -0.39 is 5.67 Å². The maximum atomic E-state index is 13.6. The van der Waals surface area contributed by atoms with Crippen LogP contribution in [0.5, 0.6) is 0 Å². The van der Waals surface area contributed by atoms with Crippen molar-refractivity contribution in [1.29, 1.82) is 0 Å². The van der Waals surface area contributed by atoms with Crippen molar-refractivity contribution in [3.8, 4) is 0 Å². The Labute approximate surface area is 86.5 Å². The number of alkyl halides is 1. The molecule has 1 aliphatic carbocycles. The molecule has 15 heavy (non-hydrogen) atoms. The number of halogens is 2. The topological polar surface area (TPSA) is 37.3 Å². The van der Waals surface area contributed by atoms with Crippen LogP contribution in [0, 0.1) is 5.82 Å². The molecule has 0 atom stereocenters. The van der Waals surface area contributed by atoms with Gasteiger partial charge in [-0.05, 0) is 37.0 Å². The lowest BCUT2D eigenvalue weighted by molar-refractivity contribution is -0.122. The molecule has 0 radical (unpaired) electrons. The number of hydrogen-bond donors (Lipinski definition) is 1. The van der Waals surface area contributed by atoms with E-state index in [9.17, 15) is 8.78 Å². The number of carbonyl (C=O) groups is 1. The molecule has 0 saturated heterocycles. The van der Waals surface area contributed by atoms with Crippen molar-refractivity contribution in [2.24, 2.45) is 0 Å². The summed E-state index contributed by atoms with van der Waals surface area (Å²) < 4.78 is 26.1. The second-order valence-corrected chi connectivity index (χ2v) is 3.43. The summed E-state index contributed by atoms with van der Waals surface area (Å²) >= 11 is 0. The third-order valence-electron chi connectivity index (χ3n) is 2.51. The van der Waals surface area contributed by atoms with Crippen LogP contribution in [0.1, 0.15) is 24.8 Å². The van der Waals surface area contributed by atoms with Crippen LogP contribution in [0.3, 0.4) is 0 Å². The van der Waals surface area contributed by atoms with E-state index >= 15 is 0 Å². The minimum atomic E-state index is -1.16. The van der Waals surface area contributed by atoms with E-state index in [4.69, 9.17) is 9.90 Å². The zero-order valence-corrected chi connectivity index (χ0v) is 8.12. The average molecular weight is 214 g/mol. The van der Waals surface area contributed by atoms with Crippen LogP contribution in [0.2, 0.25) is 0 Å². The summed E-state index contributed by atoms with van der Waals surface area (Å²) in [5, 5.41) is 6.89. The Hall–Kier alpha value is -1.45. The van der Waals surface area contributed by atoms with Crippen molar-refractivity contribution in [1.82, 2.24) is 0 Å². The van der Waals surface area contributed by atoms with Gasteiger partial charge in [0.15, 0.2) is 0 Å². The Morgan fingerprint density at radius 3 is 2.07 bits per heavy atom. The van der Waals surface area contributed by atoms with Crippen LogP contribution in [0.25, 0.3) is 0 Å². The van der Waals surface area contributed by atoms with Gasteiger partial charge < -0.3 is 5.11 Å². The molecule has 1 aromatic carbocycles. The van der Waals surface area contributed by atoms with Gasteiger partial charge in [0.05, 0.1) is 0 Å². The highest BCUT2D eigenvalue weighted by atomic mass is 19.1. The van der Waals surface area contributed by atoms with Gasteiger partial charge in [0.1, 0.15) is 11.5 Å². The Morgan fingerprint density at radius 2 is 1.73 bits per heavy atom. The van der Waals surface area contributed by atoms with Gasteiger partial charge in [-0.2, -0.15) is 0 Å². The second-order valence-electron chi connectivity index (χ2n) is 3.43. The maximum absolute atomic E-state index is 13.6. The van der Waals surface area contributed by atoms with Crippen LogP contribution in [-0.4, -0.2) is 11.6 Å². The molecule has 0 aliphatic heterocycles. The Morgan fingerprint density at radius 1 is 1.27 bits per heavy atom. The lowest BCUT2D eigenvalue weighted by atomic mass is 9.77. The van der Waals surface area contributed by atoms with E-state index in [1.807, 2.05) is 0 Å². The summed E-state index contributed by atoms with van der Waals surface area (Å²) in [7, 11) is 0. The van der Waals surface area contributed by atoms with E-state index in [1.54, 1.807) is 0 Å². The Balaban J connectivity index is 0.000000337. The molecule has 1 aromatic rings. The van der Waals surface area contributed by atoms with E-state index in [0.29, 0.717) is 18.4 Å². The highest BCUT2D eigenvalue weighted by Crippen LogP contribution is 2.44. The number of benzene rings is 1. The molecule has 4 heteroatoms. The number of rotatable bonds is 1. The maximum Gasteiger partial charge on any atom is 0.290 e. The van der Waals surface area contributed by atoms with Crippen LogP contribution in [0.15, 0.2) is 24.3 Å². The molecule has 1 aliphatic rings. The third kappa shape index (κ3) is 2.75. The fraction of sp³-hybridized carbons (Fsp3) is 0.364. The SMILES string of the molecule is Fc1ccc(C2(F)CCC2)cc1.O=CO. The fourth-order valence-corrected chi connectivity index (χ4v) is 1.52. The molecular formula is C11H12F2O2. The molecule has 2 rings (SSSR count). The van der Waals surface area contributed by atoms with Crippen molar-refractivity contribution in [2.45, 2.75) is 24.9 Å². The van der Waals surface area contributed by atoms with Crippen LogP contribution in [-0.2, 0) is 10.5 Å². The van der Waals surface area contributed by atoms with Gasteiger partial charge in [-0.15, -0.1) is 0 Å². The van der Waals surface area contributed by atoms with Crippen LogP contribution < -0.4 is 0 Å². The van der Waals surface area contributed by atoms with Gasteiger partial charge in [-0.3, -0.25) is 4.79 Å².